The Balaban J connectivity index is 1.72. The summed E-state index contributed by atoms with van der Waals surface area (Å²) in [5.41, 5.74) is -1.60. The standard InChI is InChI=1S/C17H16F3N7O4/c1-3-6-27-7-10(31-16(27)29)8-30-9-12-11(4-5-13(21-12)17(18,19)20)14(28)22-15-23-24-25-26(15)2/h1,4-5,10H,6-9H2,2H3,(H,22,23,25,28). The summed E-state index contributed by atoms with van der Waals surface area (Å²) in [7, 11) is 1.47. The van der Waals surface area contributed by atoms with Crippen LogP contribution in [0.2, 0.25) is 0 Å². The highest BCUT2D eigenvalue weighted by Crippen LogP contribution is 2.28. The molecule has 3 heterocycles. The summed E-state index contributed by atoms with van der Waals surface area (Å²) in [6.45, 7) is -0.330. The van der Waals surface area contributed by atoms with Crippen LogP contribution in [0.5, 0.6) is 0 Å². The maximum atomic E-state index is 13.1. The third-order valence-corrected chi connectivity index (χ3v) is 4.13. The molecule has 0 aromatic carbocycles. The van der Waals surface area contributed by atoms with Crippen molar-refractivity contribution in [1.29, 1.82) is 0 Å². The van der Waals surface area contributed by atoms with Crippen LogP contribution in [0.1, 0.15) is 21.7 Å². The number of nitrogens with one attached hydrogen (secondary N) is 1. The van der Waals surface area contributed by atoms with Crippen molar-refractivity contribution in [3.8, 4) is 12.3 Å². The minimum absolute atomic E-state index is 0.0109. The Bertz CT molecular complexity index is 1020. The molecule has 1 saturated heterocycles. The van der Waals surface area contributed by atoms with Crippen molar-refractivity contribution in [3.05, 3.63) is 29.1 Å². The van der Waals surface area contributed by atoms with Crippen LogP contribution >= 0.6 is 0 Å². The summed E-state index contributed by atoms with van der Waals surface area (Å²) < 4.78 is 50.8. The molecule has 0 saturated carbocycles. The molecule has 164 valence electrons. The summed E-state index contributed by atoms with van der Waals surface area (Å²) in [4.78, 5) is 29.0. The normalized spacial score (nSPS) is 16.2. The first-order valence-corrected chi connectivity index (χ1v) is 8.76. The molecule has 0 aliphatic carbocycles. The topological polar surface area (TPSA) is 124 Å². The number of alkyl halides is 3. The van der Waals surface area contributed by atoms with Crippen molar-refractivity contribution in [2.24, 2.45) is 7.05 Å². The van der Waals surface area contributed by atoms with E-state index in [1.54, 1.807) is 0 Å². The van der Waals surface area contributed by atoms with E-state index in [1.807, 2.05) is 0 Å². The molecular weight excluding hydrogens is 423 g/mol. The molecule has 14 heteroatoms. The predicted octanol–water partition coefficient (Wildman–Crippen LogP) is 0.847. The zero-order valence-electron chi connectivity index (χ0n) is 16.1. The van der Waals surface area contributed by atoms with E-state index in [4.69, 9.17) is 15.9 Å². The van der Waals surface area contributed by atoms with Crippen LogP contribution in [0.25, 0.3) is 0 Å². The quantitative estimate of drug-likeness (QED) is 0.630. The summed E-state index contributed by atoms with van der Waals surface area (Å²) in [6, 6.07) is 1.67. The average Bonchev–Trinajstić information content (AvgIpc) is 3.26. The molecular formula is C17H16F3N7O4. The molecule has 11 nitrogen and oxygen atoms in total. The van der Waals surface area contributed by atoms with Gasteiger partial charge in [0.25, 0.3) is 5.91 Å². The molecule has 1 unspecified atom stereocenters. The van der Waals surface area contributed by atoms with E-state index in [1.165, 1.54) is 16.6 Å². The van der Waals surface area contributed by atoms with Crippen molar-refractivity contribution in [2.75, 3.05) is 25.0 Å². The van der Waals surface area contributed by atoms with Gasteiger partial charge in [0.05, 0.1) is 37.6 Å². The number of aryl methyl sites for hydroxylation is 1. The monoisotopic (exact) mass is 439 g/mol. The number of halogens is 3. The van der Waals surface area contributed by atoms with Gasteiger partial charge in [-0.15, -0.1) is 6.42 Å². The van der Waals surface area contributed by atoms with Crippen molar-refractivity contribution in [1.82, 2.24) is 30.1 Å². The van der Waals surface area contributed by atoms with Gasteiger partial charge in [-0.1, -0.05) is 11.0 Å². The Morgan fingerprint density at radius 2 is 2.23 bits per heavy atom. The first-order valence-electron chi connectivity index (χ1n) is 8.76. The molecule has 1 fully saturated rings. The predicted molar refractivity (Wildman–Crippen MR) is 96.3 cm³/mol. The zero-order chi connectivity index (χ0) is 22.6. The Hall–Kier alpha value is -3.73. The molecule has 0 radical (unpaired) electrons. The van der Waals surface area contributed by atoms with E-state index in [9.17, 15) is 22.8 Å². The third-order valence-electron chi connectivity index (χ3n) is 4.13. The van der Waals surface area contributed by atoms with Gasteiger partial charge in [0.15, 0.2) is 0 Å². The van der Waals surface area contributed by atoms with Crippen molar-refractivity contribution >= 4 is 17.9 Å². The van der Waals surface area contributed by atoms with Crippen LogP contribution < -0.4 is 5.32 Å². The first-order chi connectivity index (χ1) is 14.7. The highest BCUT2D eigenvalue weighted by Gasteiger charge is 2.34. The Kier molecular flexibility index (Phi) is 6.35. The Labute approximate surface area is 173 Å². The summed E-state index contributed by atoms with van der Waals surface area (Å²) in [6.07, 6.45) is -0.822. The number of amides is 2. The van der Waals surface area contributed by atoms with E-state index in [0.29, 0.717) is 6.07 Å². The van der Waals surface area contributed by atoms with Gasteiger partial charge >= 0.3 is 12.3 Å². The lowest BCUT2D eigenvalue weighted by atomic mass is 10.1. The van der Waals surface area contributed by atoms with Gasteiger partial charge in [0.2, 0.25) is 5.95 Å². The first kappa shape index (κ1) is 22.0. The van der Waals surface area contributed by atoms with E-state index in [2.05, 4.69) is 31.7 Å². The summed E-state index contributed by atoms with van der Waals surface area (Å²) in [5, 5.41) is 12.9. The molecule has 31 heavy (non-hydrogen) atoms. The second-order valence-corrected chi connectivity index (χ2v) is 6.37. The van der Waals surface area contributed by atoms with Crippen LogP contribution in [0.4, 0.5) is 23.9 Å². The molecule has 1 N–H and O–H groups in total. The number of anilines is 1. The van der Waals surface area contributed by atoms with Gasteiger partial charge < -0.3 is 9.47 Å². The number of cyclic esters (lactones) is 1. The average molecular weight is 439 g/mol. The van der Waals surface area contributed by atoms with Crippen LogP contribution in [0.3, 0.4) is 0 Å². The molecule has 0 bridgehead atoms. The fourth-order valence-corrected chi connectivity index (χ4v) is 2.67. The number of aromatic nitrogens is 5. The number of nitrogens with zero attached hydrogens (tertiary/aromatic N) is 6. The highest BCUT2D eigenvalue weighted by atomic mass is 19.4. The van der Waals surface area contributed by atoms with Gasteiger partial charge in [-0.2, -0.15) is 13.2 Å². The van der Waals surface area contributed by atoms with Gasteiger partial charge in [0.1, 0.15) is 11.8 Å². The molecule has 1 atom stereocenters. The summed E-state index contributed by atoms with van der Waals surface area (Å²) in [5.74, 6) is 1.53. The molecule has 2 aromatic heterocycles. The van der Waals surface area contributed by atoms with Gasteiger partial charge in [-0.05, 0) is 22.6 Å². The maximum Gasteiger partial charge on any atom is 0.433 e. The molecule has 1 aliphatic rings. The second kappa shape index (κ2) is 8.96. The number of terminal acetylenes is 1. The van der Waals surface area contributed by atoms with Crippen molar-refractivity contribution in [3.63, 3.8) is 0 Å². The maximum absolute atomic E-state index is 13.1. The van der Waals surface area contributed by atoms with Crippen LogP contribution in [0, 0.1) is 12.3 Å². The van der Waals surface area contributed by atoms with Gasteiger partial charge in [-0.3, -0.25) is 15.0 Å². The number of rotatable bonds is 7. The van der Waals surface area contributed by atoms with E-state index < -0.39 is 36.6 Å². The van der Waals surface area contributed by atoms with E-state index in [-0.39, 0.29) is 36.9 Å². The number of carbonyl (C=O) groups is 2. The lowest BCUT2D eigenvalue weighted by molar-refractivity contribution is -0.141. The second-order valence-electron chi connectivity index (χ2n) is 6.37. The third kappa shape index (κ3) is 5.25. The number of ether oxygens (including phenoxy) is 2. The smallest absolute Gasteiger partial charge is 0.433 e. The van der Waals surface area contributed by atoms with Crippen LogP contribution in [-0.4, -0.2) is 67.9 Å². The summed E-state index contributed by atoms with van der Waals surface area (Å²) >= 11 is 0. The number of tetrazole rings is 1. The number of pyridine rings is 1. The molecule has 2 aromatic rings. The molecule has 1 aliphatic heterocycles. The minimum atomic E-state index is -4.71. The minimum Gasteiger partial charge on any atom is -0.442 e. The number of carbonyl (C=O) groups excluding carboxylic acids is 2. The van der Waals surface area contributed by atoms with Crippen molar-refractivity contribution in [2.45, 2.75) is 18.9 Å². The lowest BCUT2D eigenvalue weighted by Gasteiger charge is -2.14. The molecule has 3 rings (SSSR count). The fourth-order valence-electron chi connectivity index (χ4n) is 2.67. The highest BCUT2D eigenvalue weighted by molar-refractivity contribution is 6.04. The largest absolute Gasteiger partial charge is 0.442 e. The number of hydrogen-bond donors (Lipinski definition) is 1. The SMILES string of the molecule is C#CCN1CC(COCc2nc(C(F)(F)F)ccc2C(=O)Nc2nnnn2C)OC1=O. The van der Waals surface area contributed by atoms with E-state index >= 15 is 0 Å². The van der Waals surface area contributed by atoms with Crippen molar-refractivity contribution < 1.29 is 32.2 Å². The van der Waals surface area contributed by atoms with E-state index in [0.717, 1.165) is 6.07 Å². The van der Waals surface area contributed by atoms with Crippen LogP contribution in [-0.2, 0) is 29.3 Å². The zero-order valence-corrected chi connectivity index (χ0v) is 16.1. The Morgan fingerprint density at radius 3 is 2.87 bits per heavy atom. The molecule has 0 spiro atoms. The fraction of sp³-hybridized carbons (Fsp3) is 0.412. The Morgan fingerprint density at radius 1 is 1.45 bits per heavy atom. The lowest BCUT2D eigenvalue weighted by Crippen LogP contribution is -2.26. The van der Waals surface area contributed by atoms with Crippen LogP contribution in [0.15, 0.2) is 12.1 Å². The van der Waals surface area contributed by atoms with Gasteiger partial charge in [-0.25, -0.2) is 14.5 Å². The van der Waals surface area contributed by atoms with Gasteiger partial charge in [0, 0.05) is 7.05 Å². The number of hydrogen-bond acceptors (Lipinski definition) is 8. The molecule has 2 amide bonds.